The van der Waals surface area contributed by atoms with E-state index in [9.17, 15) is 9.59 Å². The van der Waals surface area contributed by atoms with Crippen molar-refractivity contribution in [3.8, 4) is 0 Å². The van der Waals surface area contributed by atoms with Crippen LogP contribution in [0.2, 0.25) is 0 Å². The average molecular weight is 272 g/mol. The summed E-state index contributed by atoms with van der Waals surface area (Å²) in [5.74, 6) is 1.83. The molecule has 0 spiro atoms. The molecule has 0 unspecified atom stereocenters. The Balaban J connectivity index is 1.60. The second kappa shape index (κ2) is 5.82. The van der Waals surface area contributed by atoms with E-state index in [0.717, 1.165) is 44.0 Å². The summed E-state index contributed by atoms with van der Waals surface area (Å²) in [6.07, 6.45) is 2.79. The first kappa shape index (κ1) is 13.5. The van der Waals surface area contributed by atoms with Crippen LogP contribution in [0.3, 0.4) is 0 Å². The molecule has 6 heteroatoms. The molecule has 2 amide bonds. The van der Waals surface area contributed by atoms with E-state index in [1.807, 2.05) is 16.7 Å². The summed E-state index contributed by atoms with van der Waals surface area (Å²) in [5.41, 5.74) is 0.186. The maximum absolute atomic E-state index is 11.3. The number of nitrogens with one attached hydrogen (secondary N) is 1. The van der Waals surface area contributed by atoms with Gasteiger partial charge in [0.05, 0.1) is 13.5 Å². The fraction of sp³-hybridized carbons (Fsp3) is 0.833. The van der Waals surface area contributed by atoms with Crippen LogP contribution < -0.4 is 5.32 Å². The van der Waals surface area contributed by atoms with E-state index in [1.165, 1.54) is 7.11 Å². The van der Waals surface area contributed by atoms with Gasteiger partial charge in [-0.25, -0.2) is 4.79 Å². The summed E-state index contributed by atoms with van der Waals surface area (Å²) < 4.78 is 4.72. The van der Waals surface area contributed by atoms with E-state index < -0.39 is 0 Å². The van der Waals surface area contributed by atoms with Gasteiger partial charge in [0.2, 0.25) is 0 Å². The summed E-state index contributed by atoms with van der Waals surface area (Å²) in [7, 11) is 1.44. The fourth-order valence-corrected chi connectivity index (χ4v) is 3.43. The topological polar surface area (TPSA) is 58.6 Å². The van der Waals surface area contributed by atoms with E-state index >= 15 is 0 Å². The van der Waals surface area contributed by atoms with Crippen molar-refractivity contribution in [2.75, 3.05) is 38.2 Å². The Morgan fingerprint density at radius 1 is 1.56 bits per heavy atom. The van der Waals surface area contributed by atoms with Gasteiger partial charge in [0, 0.05) is 25.4 Å². The van der Waals surface area contributed by atoms with Crippen LogP contribution in [0.5, 0.6) is 0 Å². The largest absolute Gasteiger partial charge is 0.469 e. The minimum Gasteiger partial charge on any atom is -0.469 e. The zero-order valence-corrected chi connectivity index (χ0v) is 11.6. The van der Waals surface area contributed by atoms with Crippen LogP contribution in [0.1, 0.15) is 19.3 Å². The molecule has 0 bridgehead atoms. The van der Waals surface area contributed by atoms with Crippen molar-refractivity contribution in [1.29, 1.82) is 0 Å². The number of rotatable bonds is 7. The quantitative estimate of drug-likeness (QED) is 0.557. The Kier molecular flexibility index (Phi) is 4.37. The van der Waals surface area contributed by atoms with Gasteiger partial charge < -0.3 is 15.0 Å². The van der Waals surface area contributed by atoms with E-state index in [2.05, 4.69) is 5.32 Å². The first-order valence-corrected chi connectivity index (χ1v) is 7.48. The van der Waals surface area contributed by atoms with Crippen molar-refractivity contribution >= 4 is 23.8 Å². The molecule has 2 aliphatic rings. The van der Waals surface area contributed by atoms with Crippen molar-refractivity contribution in [3.05, 3.63) is 0 Å². The maximum atomic E-state index is 11.3. The molecule has 0 aromatic heterocycles. The number of ether oxygens (including phenoxy) is 1. The highest BCUT2D eigenvalue weighted by Crippen LogP contribution is 2.51. The third-order valence-corrected chi connectivity index (χ3v) is 4.85. The molecule has 18 heavy (non-hydrogen) atoms. The molecule has 0 radical (unpaired) electrons. The lowest BCUT2D eigenvalue weighted by Gasteiger charge is -2.16. The van der Waals surface area contributed by atoms with Crippen LogP contribution in [0, 0.1) is 5.41 Å². The zero-order valence-electron chi connectivity index (χ0n) is 10.7. The van der Waals surface area contributed by atoms with Gasteiger partial charge in [0.15, 0.2) is 0 Å². The van der Waals surface area contributed by atoms with Gasteiger partial charge in [-0.1, -0.05) is 0 Å². The molecule has 1 heterocycles. The number of thioether (sulfide) groups is 1. The van der Waals surface area contributed by atoms with Gasteiger partial charge in [0.25, 0.3) is 0 Å². The first-order valence-electron chi connectivity index (χ1n) is 6.33. The lowest BCUT2D eigenvalue weighted by molar-refractivity contribution is -0.141. The van der Waals surface area contributed by atoms with Gasteiger partial charge in [-0.05, 0) is 24.0 Å². The normalized spacial score (nSPS) is 20.7. The Bertz CT molecular complexity index is 331. The summed E-state index contributed by atoms with van der Waals surface area (Å²) in [5, 5.41) is 2.79. The van der Waals surface area contributed by atoms with Crippen LogP contribution in [0.25, 0.3) is 0 Å². The molecule has 1 saturated carbocycles. The number of esters is 1. The van der Waals surface area contributed by atoms with Crippen LogP contribution in [-0.2, 0) is 9.53 Å². The SMILES string of the molecule is COC(=O)CC1(CSCCN2CCNC2=O)CC1. The second-order valence-electron chi connectivity index (χ2n) is 5.02. The zero-order chi connectivity index (χ0) is 13.0. The molecule has 5 nitrogen and oxygen atoms in total. The number of hydrogen-bond acceptors (Lipinski definition) is 4. The smallest absolute Gasteiger partial charge is 0.317 e. The summed E-state index contributed by atoms with van der Waals surface area (Å²) >= 11 is 1.83. The predicted octanol–water partition coefficient (Wildman–Crippen LogP) is 1.09. The van der Waals surface area contributed by atoms with Crippen LogP contribution in [0.15, 0.2) is 0 Å². The number of urea groups is 1. The van der Waals surface area contributed by atoms with Crippen molar-refractivity contribution < 1.29 is 14.3 Å². The predicted molar refractivity (Wildman–Crippen MR) is 70.6 cm³/mol. The average Bonchev–Trinajstić information content (AvgIpc) is 3.00. The molecule has 1 aliphatic carbocycles. The van der Waals surface area contributed by atoms with Gasteiger partial charge in [-0.15, -0.1) is 0 Å². The molecule has 2 rings (SSSR count). The Morgan fingerprint density at radius 3 is 2.89 bits per heavy atom. The molecule has 0 aromatic carbocycles. The molecule has 102 valence electrons. The molecular formula is C12H20N2O3S. The van der Waals surface area contributed by atoms with Gasteiger partial charge >= 0.3 is 12.0 Å². The molecule has 1 aliphatic heterocycles. The van der Waals surface area contributed by atoms with Gasteiger partial charge in [-0.2, -0.15) is 11.8 Å². The Hall–Kier alpha value is -0.910. The lowest BCUT2D eigenvalue weighted by Crippen LogP contribution is -2.30. The molecular weight excluding hydrogens is 252 g/mol. The summed E-state index contributed by atoms with van der Waals surface area (Å²) in [6, 6.07) is 0.0475. The second-order valence-corrected chi connectivity index (χ2v) is 6.13. The molecule has 2 fully saturated rings. The van der Waals surface area contributed by atoms with E-state index in [4.69, 9.17) is 4.74 Å². The fourth-order valence-electron chi connectivity index (χ4n) is 2.12. The first-order chi connectivity index (χ1) is 8.65. The number of methoxy groups -OCH3 is 1. The summed E-state index contributed by atoms with van der Waals surface area (Å²) in [6.45, 7) is 2.37. The Labute approximate surface area is 112 Å². The number of nitrogens with zero attached hydrogens (tertiary/aromatic N) is 1. The van der Waals surface area contributed by atoms with Crippen molar-refractivity contribution in [2.24, 2.45) is 5.41 Å². The van der Waals surface area contributed by atoms with Crippen LogP contribution >= 0.6 is 11.8 Å². The van der Waals surface area contributed by atoms with Crippen molar-refractivity contribution in [3.63, 3.8) is 0 Å². The number of carbonyl (C=O) groups is 2. The highest BCUT2D eigenvalue weighted by atomic mass is 32.2. The minimum absolute atomic E-state index is 0.0475. The van der Waals surface area contributed by atoms with Gasteiger partial charge in [0.1, 0.15) is 0 Å². The maximum Gasteiger partial charge on any atom is 0.317 e. The van der Waals surface area contributed by atoms with E-state index in [1.54, 1.807) is 0 Å². The molecule has 1 saturated heterocycles. The number of amides is 2. The number of hydrogen-bond donors (Lipinski definition) is 1. The Morgan fingerprint density at radius 2 is 2.33 bits per heavy atom. The van der Waals surface area contributed by atoms with Crippen LogP contribution in [-0.4, -0.2) is 55.2 Å². The highest BCUT2D eigenvalue weighted by molar-refractivity contribution is 7.99. The standard InChI is InChI=1S/C12H20N2O3S/c1-17-10(15)8-12(2-3-12)9-18-7-6-14-5-4-13-11(14)16/h2-9H2,1H3,(H,13,16). The van der Waals surface area contributed by atoms with Crippen LogP contribution in [0.4, 0.5) is 4.79 Å². The van der Waals surface area contributed by atoms with Crippen molar-refractivity contribution in [1.82, 2.24) is 10.2 Å². The number of carbonyl (C=O) groups excluding carboxylic acids is 2. The molecule has 0 aromatic rings. The van der Waals surface area contributed by atoms with E-state index in [-0.39, 0.29) is 17.4 Å². The minimum atomic E-state index is -0.105. The summed E-state index contributed by atoms with van der Waals surface area (Å²) in [4.78, 5) is 24.4. The third-order valence-electron chi connectivity index (χ3n) is 3.56. The van der Waals surface area contributed by atoms with Gasteiger partial charge in [-0.3, -0.25) is 4.79 Å². The van der Waals surface area contributed by atoms with Crippen molar-refractivity contribution in [2.45, 2.75) is 19.3 Å². The van der Waals surface area contributed by atoms with E-state index in [0.29, 0.717) is 6.42 Å². The lowest BCUT2D eigenvalue weighted by atomic mass is 10.1. The third kappa shape index (κ3) is 3.54. The highest BCUT2D eigenvalue weighted by Gasteiger charge is 2.44. The molecule has 0 atom stereocenters. The monoisotopic (exact) mass is 272 g/mol. The molecule has 1 N–H and O–H groups in total.